The summed E-state index contributed by atoms with van der Waals surface area (Å²) in [6, 6.07) is 26.4. The average molecular weight is 449 g/mol. The molecule has 0 bridgehead atoms. The van der Waals surface area contributed by atoms with E-state index >= 15 is 0 Å². The number of rotatable bonds is 12. The van der Waals surface area contributed by atoms with E-state index in [-0.39, 0.29) is 0 Å². The van der Waals surface area contributed by atoms with E-state index in [2.05, 4.69) is 86.6 Å². The van der Waals surface area contributed by atoms with E-state index in [1.807, 2.05) is 0 Å². The van der Waals surface area contributed by atoms with Gasteiger partial charge in [-0.3, -0.25) is 0 Å². The number of nitriles is 2. The van der Waals surface area contributed by atoms with Crippen molar-refractivity contribution in [2.24, 2.45) is 0 Å². The Morgan fingerprint density at radius 3 is 1.41 bits per heavy atom. The van der Waals surface area contributed by atoms with Crippen LogP contribution in [0.2, 0.25) is 0 Å². The molecule has 3 rings (SSSR count). The highest BCUT2D eigenvalue weighted by atomic mass is 14.3. The molecule has 2 nitrogen and oxygen atoms in total. The van der Waals surface area contributed by atoms with Crippen molar-refractivity contribution in [2.75, 3.05) is 0 Å². The van der Waals surface area contributed by atoms with Gasteiger partial charge in [-0.2, -0.15) is 10.5 Å². The van der Waals surface area contributed by atoms with Crippen molar-refractivity contribution in [3.8, 4) is 23.3 Å². The maximum atomic E-state index is 9.76. The van der Waals surface area contributed by atoms with Gasteiger partial charge < -0.3 is 0 Å². The lowest BCUT2D eigenvalue weighted by Crippen LogP contribution is -2.01. The standard InChI is InChI=1S/C32H36N2/c1-3-5-7-9-25-11-16-27(17-12-25)28-18-13-26(14-19-28)15-20-30-22-21-29(10-8-6-4-2)31(23-33)32(30)24-34/h11-14,16-19,21-22H,3-10,15,20H2,1-2H3. The fourth-order valence-corrected chi connectivity index (χ4v) is 4.51. The molecular formula is C32H36N2. The zero-order valence-corrected chi connectivity index (χ0v) is 20.7. The Labute approximate surface area is 205 Å². The fourth-order valence-electron chi connectivity index (χ4n) is 4.51. The lowest BCUT2D eigenvalue weighted by atomic mass is 9.91. The molecule has 0 N–H and O–H groups in total. The molecule has 0 atom stereocenters. The van der Waals surface area contributed by atoms with E-state index in [9.17, 15) is 10.5 Å². The Balaban J connectivity index is 1.65. The van der Waals surface area contributed by atoms with Crippen LogP contribution in [0.15, 0.2) is 60.7 Å². The molecule has 0 amide bonds. The minimum absolute atomic E-state index is 0.562. The minimum atomic E-state index is 0.562. The van der Waals surface area contributed by atoms with Crippen LogP contribution < -0.4 is 0 Å². The summed E-state index contributed by atoms with van der Waals surface area (Å²) in [5, 5.41) is 19.5. The molecule has 0 radical (unpaired) electrons. The molecule has 0 aliphatic heterocycles. The Morgan fingerprint density at radius 2 is 0.941 bits per heavy atom. The molecule has 0 unspecified atom stereocenters. The van der Waals surface area contributed by atoms with Crippen molar-refractivity contribution in [3.05, 3.63) is 94.0 Å². The Kier molecular flexibility index (Phi) is 9.94. The van der Waals surface area contributed by atoms with Gasteiger partial charge in [0.05, 0.1) is 11.1 Å². The normalized spacial score (nSPS) is 10.6. The van der Waals surface area contributed by atoms with E-state index in [0.717, 1.165) is 56.1 Å². The zero-order valence-electron chi connectivity index (χ0n) is 20.7. The van der Waals surface area contributed by atoms with Crippen LogP contribution in [0.4, 0.5) is 0 Å². The van der Waals surface area contributed by atoms with Crippen LogP contribution in [0.1, 0.15) is 85.8 Å². The first kappa shape index (κ1) is 25.3. The highest BCUT2D eigenvalue weighted by Gasteiger charge is 2.13. The monoisotopic (exact) mass is 448 g/mol. The number of unbranched alkanes of at least 4 members (excludes halogenated alkanes) is 4. The molecule has 0 aliphatic carbocycles. The Bertz CT molecular complexity index is 1130. The average Bonchev–Trinajstić information content (AvgIpc) is 2.88. The van der Waals surface area contributed by atoms with E-state index in [1.54, 1.807) is 0 Å². The minimum Gasteiger partial charge on any atom is -0.192 e. The third-order valence-corrected chi connectivity index (χ3v) is 6.64. The van der Waals surface area contributed by atoms with Crippen LogP contribution in [0.25, 0.3) is 11.1 Å². The summed E-state index contributed by atoms with van der Waals surface area (Å²) in [6.45, 7) is 4.41. The molecule has 2 heteroatoms. The summed E-state index contributed by atoms with van der Waals surface area (Å²) < 4.78 is 0. The van der Waals surface area contributed by atoms with Crippen molar-refractivity contribution in [1.29, 1.82) is 10.5 Å². The molecule has 0 saturated carbocycles. The van der Waals surface area contributed by atoms with Crippen molar-refractivity contribution < 1.29 is 0 Å². The molecule has 0 fully saturated rings. The lowest BCUT2D eigenvalue weighted by Gasteiger charge is -2.11. The predicted octanol–water partition coefficient (Wildman–Crippen LogP) is 8.35. The van der Waals surface area contributed by atoms with Gasteiger partial charge >= 0.3 is 0 Å². The van der Waals surface area contributed by atoms with Crippen LogP contribution in [0.5, 0.6) is 0 Å². The fraction of sp³-hybridized carbons (Fsp3) is 0.375. The third kappa shape index (κ3) is 6.82. The van der Waals surface area contributed by atoms with Gasteiger partial charge in [0.25, 0.3) is 0 Å². The summed E-state index contributed by atoms with van der Waals surface area (Å²) in [5.41, 5.74) is 8.25. The van der Waals surface area contributed by atoms with E-state index in [4.69, 9.17) is 0 Å². The molecule has 0 spiro atoms. The predicted molar refractivity (Wildman–Crippen MR) is 142 cm³/mol. The smallest absolute Gasteiger partial charge is 0.101 e. The molecule has 0 heterocycles. The molecule has 0 aromatic heterocycles. The topological polar surface area (TPSA) is 47.6 Å². The second kappa shape index (κ2) is 13.4. The van der Waals surface area contributed by atoms with Gasteiger partial charge in [-0.05, 0) is 71.9 Å². The van der Waals surface area contributed by atoms with Gasteiger partial charge in [-0.1, -0.05) is 100 Å². The Morgan fingerprint density at radius 1 is 0.500 bits per heavy atom. The quantitative estimate of drug-likeness (QED) is 0.261. The van der Waals surface area contributed by atoms with E-state index < -0.39 is 0 Å². The van der Waals surface area contributed by atoms with Gasteiger partial charge in [-0.25, -0.2) is 0 Å². The highest BCUT2D eigenvalue weighted by Crippen LogP contribution is 2.24. The van der Waals surface area contributed by atoms with Crippen LogP contribution in [-0.2, 0) is 25.7 Å². The summed E-state index contributed by atoms with van der Waals surface area (Å²) in [4.78, 5) is 0. The summed E-state index contributed by atoms with van der Waals surface area (Å²) in [5.74, 6) is 0. The summed E-state index contributed by atoms with van der Waals surface area (Å²) in [7, 11) is 0. The first-order valence-electron chi connectivity index (χ1n) is 12.8. The number of aryl methyl sites for hydroxylation is 4. The van der Waals surface area contributed by atoms with E-state index in [0.29, 0.717) is 11.1 Å². The molecule has 3 aromatic rings. The van der Waals surface area contributed by atoms with Gasteiger partial charge in [0.1, 0.15) is 12.1 Å². The van der Waals surface area contributed by atoms with Crippen molar-refractivity contribution in [2.45, 2.75) is 78.1 Å². The molecule has 34 heavy (non-hydrogen) atoms. The van der Waals surface area contributed by atoms with Crippen LogP contribution >= 0.6 is 0 Å². The molecule has 3 aromatic carbocycles. The maximum Gasteiger partial charge on any atom is 0.101 e. The molecule has 0 saturated heterocycles. The zero-order chi connectivity index (χ0) is 24.2. The van der Waals surface area contributed by atoms with Gasteiger partial charge in [-0.15, -0.1) is 0 Å². The van der Waals surface area contributed by atoms with E-state index in [1.165, 1.54) is 41.5 Å². The second-order valence-corrected chi connectivity index (χ2v) is 9.17. The number of benzene rings is 3. The third-order valence-electron chi connectivity index (χ3n) is 6.64. The highest BCUT2D eigenvalue weighted by molar-refractivity contribution is 5.64. The van der Waals surface area contributed by atoms with Crippen molar-refractivity contribution >= 4 is 0 Å². The molecule has 0 aliphatic rings. The second-order valence-electron chi connectivity index (χ2n) is 9.17. The summed E-state index contributed by atoms with van der Waals surface area (Å²) >= 11 is 0. The largest absolute Gasteiger partial charge is 0.192 e. The SMILES string of the molecule is CCCCCc1ccc(-c2ccc(CCc3ccc(CCCCC)c(C#N)c3C#N)cc2)cc1. The first-order valence-corrected chi connectivity index (χ1v) is 12.8. The van der Waals surface area contributed by atoms with Crippen LogP contribution in [-0.4, -0.2) is 0 Å². The first-order chi connectivity index (χ1) is 16.7. The summed E-state index contributed by atoms with van der Waals surface area (Å²) in [6.07, 6.45) is 10.8. The van der Waals surface area contributed by atoms with Gasteiger partial charge in [0, 0.05) is 0 Å². The van der Waals surface area contributed by atoms with Crippen molar-refractivity contribution in [3.63, 3.8) is 0 Å². The number of hydrogen-bond acceptors (Lipinski definition) is 2. The van der Waals surface area contributed by atoms with Gasteiger partial charge in [0.15, 0.2) is 0 Å². The number of hydrogen-bond donors (Lipinski definition) is 0. The molecule has 174 valence electrons. The van der Waals surface area contributed by atoms with Crippen molar-refractivity contribution in [1.82, 2.24) is 0 Å². The Hall–Kier alpha value is -3.36. The van der Waals surface area contributed by atoms with Gasteiger partial charge in [0.2, 0.25) is 0 Å². The van der Waals surface area contributed by atoms with Crippen LogP contribution in [0.3, 0.4) is 0 Å². The van der Waals surface area contributed by atoms with Crippen LogP contribution in [0, 0.1) is 22.7 Å². The maximum absolute atomic E-state index is 9.76. The molecular weight excluding hydrogens is 412 g/mol. The lowest BCUT2D eigenvalue weighted by molar-refractivity contribution is 0.716. The number of nitrogens with zero attached hydrogens (tertiary/aromatic N) is 2.